The maximum Gasteiger partial charge on any atom is -0.0142 e. The van der Waals surface area contributed by atoms with E-state index in [0.29, 0.717) is 0 Å². The van der Waals surface area contributed by atoms with Crippen molar-refractivity contribution in [1.29, 1.82) is 0 Å². The van der Waals surface area contributed by atoms with Crippen molar-refractivity contribution in [1.82, 2.24) is 0 Å². The van der Waals surface area contributed by atoms with E-state index in [-0.39, 0.29) is 0 Å². The molecule has 24 heavy (non-hydrogen) atoms. The Hall–Kier alpha value is -0.130. The van der Waals surface area contributed by atoms with Crippen LogP contribution < -0.4 is 5.30 Å². The lowest BCUT2D eigenvalue weighted by molar-refractivity contribution is 0.622. The zero-order chi connectivity index (χ0) is 17.5. The van der Waals surface area contributed by atoms with E-state index in [4.69, 9.17) is 11.8 Å². The minimum absolute atomic E-state index is 1.29. The Morgan fingerprint density at radius 3 is 1.50 bits per heavy atom. The monoisotopic (exact) mass is 366 g/mol. The molecule has 0 nitrogen and oxygen atoms in total. The van der Waals surface area contributed by atoms with Crippen LogP contribution in [-0.4, -0.2) is 12.3 Å². The van der Waals surface area contributed by atoms with Crippen molar-refractivity contribution in [3.8, 4) is 0 Å². The molecule has 2 heteroatoms. The summed E-state index contributed by atoms with van der Waals surface area (Å²) in [6.07, 6.45) is 19.1. The summed E-state index contributed by atoms with van der Waals surface area (Å²) in [5.41, 5.74) is 0. The number of unbranched alkanes of at least 4 members (excludes halogenated alkanes) is 10. The Morgan fingerprint density at radius 1 is 0.625 bits per heavy atom. The standard InChI is InChI=1S/C22H39PS/c1-3-5-7-9-11-16-20-23(24,22-18-14-13-15-19-22)21-17-12-10-8-6-4-2/h13-15,18-19H,3-12,16-17,20-21H2,1-2H3. The summed E-state index contributed by atoms with van der Waals surface area (Å²) in [5, 5.41) is 1.49. The molecule has 138 valence electrons. The van der Waals surface area contributed by atoms with Crippen molar-refractivity contribution in [3.63, 3.8) is 0 Å². The van der Waals surface area contributed by atoms with Gasteiger partial charge < -0.3 is 0 Å². The van der Waals surface area contributed by atoms with Crippen molar-refractivity contribution >= 4 is 23.1 Å². The molecule has 1 aromatic carbocycles. The first-order valence-corrected chi connectivity index (χ1v) is 13.5. The highest BCUT2D eigenvalue weighted by Crippen LogP contribution is 2.46. The lowest BCUT2D eigenvalue weighted by atomic mass is 10.1. The molecular weight excluding hydrogens is 327 g/mol. The van der Waals surface area contributed by atoms with Gasteiger partial charge in [-0.05, 0) is 36.5 Å². The fraction of sp³-hybridized carbons (Fsp3) is 0.727. The molecule has 0 bridgehead atoms. The Morgan fingerprint density at radius 2 is 1.04 bits per heavy atom. The Labute approximate surface area is 156 Å². The third-order valence-corrected chi connectivity index (χ3v) is 10.0. The van der Waals surface area contributed by atoms with E-state index < -0.39 is 6.04 Å². The average Bonchev–Trinajstić information content (AvgIpc) is 2.62. The van der Waals surface area contributed by atoms with Crippen LogP contribution >= 0.6 is 6.04 Å². The van der Waals surface area contributed by atoms with E-state index in [9.17, 15) is 0 Å². The number of rotatable bonds is 15. The van der Waals surface area contributed by atoms with Crippen molar-refractivity contribution in [3.05, 3.63) is 30.3 Å². The topological polar surface area (TPSA) is 0 Å². The van der Waals surface area contributed by atoms with Crippen molar-refractivity contribution < 1.29 is 0 Å². The van der Waals surface area contributed by atoms with Crippen LogP contribution in [0.25, 0.3) is 0 Å². The summed E-state index contributed by atoms with van der Waals surface area (Å²) in [6, 6.07) is 9.73. The third-order valence-electron chi connectivity index (χ3n) is 4.97. The average molecular weight is 367 g/mol. The summed E-state index contributed by atoms with van der Waals surface area (Å²) in [4.78, 5) is 0. The second-order valence-corrected chi connectivity index (χ2v) is 12.5. The fourth-order valence-corrected chi connectivity index (χ4v) is 7.43. The second-order valence-electron chi connectivity index (χ2n) is 7.21. The van der Waals surface area contributed by atoms with Crippen LogP contribution in [0, 0.1) is 0 Å². The zero-order valence-electron chi connectivity index (χ0n) is 16.1. The third kappa shape index (κ3) is 9.38. The highest BCUT2D eigenvalue weighted by molar-refractivity contribution is 8.18. The molecule has 0 aliphatic rings. The highest BCUT2D eigenvalue weighted by Gasteiger charge is 2.18. The Balaban J connectivity index is 2.43. The van der Waals surface area contributed by atoms with Crippen LogP contribution in [0.4, 0.5) is 0 Å². The van der Waals surface area contributed by atoms with Gasteiger partial charge in [-0.1, -0.05) is 120 Å². The molecule has 0 fully saturated rings. The van der Waals surface area contributed by atoms with Gasteiger partial charge in [0.1, 0.15) is 0 Å². The van der Waals surface area contributed by atoms with Gasteiger partial charge in [-0.25, -0.2) is 0 Å². The first-order valence-electron chi connectivity index (χ1n) is 10.4. The van der Waals surface area contributed by atoms with Crippen LogP contribution in [0.2, 0.25) is 0 Å². The Kier molecular flexibility index (Phi) is 12.9. The molecule has 0 saturated heterocycles. The molecular formula is C22H39PS. The van der Waals surface area contributed by atoms with Gasteiger partial charge in [-0.2, -0.15) is 0 Å². The lowest BCUT2D eigenvalue weighted by Gasteiger charge is -2.23. The molecule has 0 atom stereocenters. The minimum atomic E-state index is -1.35. The molecule has 1 aromatic rings. The van der Waals surface area contributed by atoms with Gasteiger partial charge in [0.25, 0.3) is 0 Å². The smallest absolute Gasteiger partial charge is 0.0142 e. The van der Waals surface area contributed by atoms with Crippen molar-refractivity contribution in [2.75, 3.05) is 12.3 Å². The SMILES string of the molecule is CCCCCCCCP(=S)(CCCCCCCC)c1ccccc1. The van der Waals surface area contributed by atoms with Gasteiger partial charge in [0.2, 0.25) is 0 Å². The van der Waals surface area contributed by atoms with E-state index in [2.05, 4.69) is 44.2 Å². The summed E-state index contributed by atoms with van der Waals surface area (Å²) in [7, 11) is 0. The van der Waals surface area contributed by atoms with E-state index in [1.165, 1.54) is 94.7 Å². The molecule has 0 aromatic heterocycles. The van der Waals surface area contributed by atoms with Gasteiger partial charge >= 0.3 is 0 Å². The summed E-state index contributed by atoms with van der Waals surface area (Å²) >= 11 is 6.28. The molecule has 0 aliphatic heterocycles. The Bertz CT molecular complexity index is 421. The maximum atomic E-state index is 6.28. The molecule has 0 radical (unpaired) electrons. The van der Waals surface area contributed by atoms with E-state index >= 15 is 0 Å². The first-order chi connectivity index (χ1) is 11.7. The van der Waals surface area contributed by atoms with Crippen molar-refractivity contribution in [2.24, 2.45) is 0 Å². The number of hydrogen-bond acceptors (Lipinski definition) is 1. The summed E-state index contributed by atoms with van der Waals surface area (Å²) < 4.78 is 0. The summed E-state index contributed by atoms with van der Waals surface area (Å²) in [5.74, 6) is 0. The van der Waals surface area contributed by atoms with Gasteiger partial charge in [-0.3, -0.25) is 0 Å². The van der Waals surface area contributed by atoms with Crippen LogP contribution in [0.1, 0.15) is 90.9 Å². The molecule has 0 amide bonds. The van der Waals surface area contributed by atoms with Crippen molar-refractivity contribution in [2.45, 2.75) is 90.9 Å². The van der Waals surface area contributed by atoms with Gasteiger partial charge in [0.15, 0.2) is 0 Å². The van der Waals surface area contributed by atoms with Gasteiger partial charge in [0.05, 0.1) is 0 Å². The lowest BCUT2D eigenvalue weighted by Crippen LogP contribution is -2.10. The first kappa shape index (κ1) is 21.9. The number of benzene rings is 1. The predicted octanol–water partition coefficient (Wildman–Crippen LogP) is 7.51. The van der Waals surface area contributed by atoms with E-state index in [0.717, 1.165) is 0 Å². The van der Waals surface area contributed by atoms with Crippen LogP contribution in [-0.2, 0) is 11.8 Å². The number of hydrogen-bond donors (Lipinski definition) is 0. The molecule has 0 unspecified atom stereocenters. The maximum absolute atomic E-state index is 6.28. The molecule has 0 heterocycles. The molecule has 0 saturated carbocycles. The van der Waals surface area contributed by atoms with Crippen LogP contribution in [0.5, 0.6) is 0 Å². The minimum Gasteiger partial charge on any atom is -0.0926 e. The van der Waals surface area contributed by atoms with Crippen LogP contribution in [0.3, 0.4) is 0 Å². The second kappa shape index (κ2) is 14.1. The van der Waals surface area contributed by atoms with Crippen LogP contribution in [0.15, 0.2) is 30.3 Å². The predicted molar refractivity (Wildman–Crippen MR) is 117 cm³/mol. The summed E-state index contributed by atoms with van der Waals surface area (Å²) in [6.45, 7) is 4.57. The largest absolute Gasteiger partial charge is 0.0926 e. The highest BCUT2D eigenvalue weighted by atomic mass is 32.4. The van der Waals surface area contributed by atoms with Gasteiger partial charge in [0, 0.05) is 0 Å². The fourth-order valence-electron chi connectivity index (χ4n) is 3.36. The molecule has 0 aliphatic carbocycles. The van der Waals surface area contributed by atoms with Gasteiger partial charge in [-0.15, -0.1) is 0 Å². The van der Waals surface area contributed by atoms with E-state index in [1.807, 2.05) is 0 Å². The molecule has 0 N–H and O–H groups in total. The zero-order valence-corrected chi connectivity index (χ0v) is 17.9. The normalized spacial score (nSPS) is 11.8. The molecule has 0 spiro atoms. The quantitative estimate of drug-likeness (QED) is 0.228. The molecule has 1 rings (SSSR count). The van der Waals surface area contributed by atoms with E-state index in [1.54, 1.807) is 0 Å².